The van der Waals surface area contributed by atoms with Gasteiger partial charge in [0, 0.05) is 44.5 Å². The van der Waals surface area contributed by atoms with E-state index in [1.165, 1.54) is 14.1 Å². The number of rotatable bonds is 7. The Hall–Kier alpha value is -4.03. The van der Waals surface area contributed by atoms with Gasteiger partial charge in [-0.2, -0.15) is 17.7 Å². The van der Waals surface area contributed by atoms with E-state index >= 15 is 0 Å². The molecule has 2 aromatic carbocycles. The standard InChI is InChI=1S/C38H49N5O6S/c1-25(2)43-31-20-14-19-30(27-16-11-9-12-17-27)34(31)39-37(43)49-29-21-32-33(44)23-38(36(46)40-50(47,48)41(4)5)22-28(38)18-13-8-6-7-10-15-26(3)35(45)42(32)24-29/h9,11-14,16-20,25-26,28-29,32H,6-8,10,15,21-24H2,1-5H3,(H,40,46)/b18-13-/t26-,28+,29+,32-,38+/m0/s1. The van der Waals surface area contributed by atoms with Crippen molar-refractivity contribution < 1.29 is 27.5 Å². The van der Waals surface area contributed by atoms with Crippen molar-refractivity contribution in [2.75, 3.05) is 20.6 Å². The molecular weight excluding hydrogens is 655 g/mol. The zero-order valence-corrected chi connectivity index (χ0v) is 30.5. The molecule has 0 spiro atoms. The minimum Gasteiger partial charge on any atom is -0.459 e. The molecule has 1 saturated carbocycles. The van der Waals surface area contributed by atoms with Gasteiger partial charge in [-0.25, -0.2) is 4.72 Å². The number of amides is 2. The van der Waals surface area contributed by atoms with Crippen LogP contribution in [0.4, 0.5) is 0 Å². The third-order valence-corrected chi connectivity index (χ3v) is 12.0. The number of para-hydroxylation sites is 1. The Kier molecular flexibility index (Phi) is 10.2. The highest BCUT2D eigenvalue weighted by Gasteiger charge is 2.61. The molecule has 2 amide bonds. The van der Waals surface area contributed by atoms with Crippen LogP contribution in [0, 0.1) is 17.3 Å². The molecule has 0 unspecified atom stereocenters. The molecule has 2 fully saturated rings. The quantitative estimate of drug-likeness (QED) is 0.314. The number of allylic oxidation sites excluding steroid dienone is 2. The van der Waals surface area contributed by atoms with Crippen LogP contribution in [-0.2, 0) is 24.6 Å². The summed E-state index contributed by atoms with van der Waals surface area (Å²) in [6.45, 7) is 6.26. The molecule has 1 saturated heterocycles. The molecule has 3 heterocycles. The number of carbonyl (C=O) groups is 3. The number of ether oxygens (including phenoxy) is 1. The van der Waals surface area contributed by atoms with E-state index in [4.69, 9.17) is 9.72 Å². The van der Waals surface area contributed by atoms with Gasteiger partial charge in [-0.1, -0.05) is 74.4 Å². The van der Waals surface area contributed by atoms with Crippen molar-refractivity contribution in [3.8, 4) is 17.1 Å². The number of hydrogen-bond donors (Lipinski definition) is 1. The predicted octanol–water partition coefficient (Wildman–Crippen LogP) is 5.68. The van der Waals surface area contributed by atoms with Crippen molar-refractivity contribution in [2.45, 2.75) is 90.3 Å². The van der Waals surface area contributed by atoms with Crippen LogP contribution in [0.15, 0.2) is 60.7 Å². The maximum absolute atomic E-state index is 14.3. The highest BCUT2D eigenvalue weighted by Crippen LogP contribution is 2.57. The minimum absolute atomic E-state index is 0.0212. The Morgan fingerprint density at radius 3 is 2.54 bits per heavy atom. The summed E-state index contributed by atoms with van der Waals surface area (Å²) in [5, 5.41) is 0. The van der Waals surface area contributed by atoms with Crippen molar-refractivity contribution in [2.24, 2.45) is 17.3 Å². The summed E-state index contributed by atoms with van der Waals surface area (Å²) in [6.07, 6.45) is 8.27. The highest BCUT2D eigenvalue weighted by molar-refractivity contribution is 7.87. The Balaban J connectivity index is 1.32. The second kappa shape index (κ2) is 14.3. The van der Waals surface area contributed by atoms with Crippen molar-refractivity contribution in [3.63, 3.8) is 0 Å². The van der Waals surface area contributed by atoms with E-state index in [2.05, 4.69) is 23.1 Å². The second-order valence-corrected chi connectivity index (χ2v) is 16.6. The lowest BCUT2D eigenvalue weighted by Gasteiger charge is -2.27. The minimum atomic E-state index is -4.06. The highest BCUT2D eigenvalue weighted by atomic mass is 32.2. The molecule has 11 nitrogen and oxygen atoms in total. The van der Waals surface area contributed by atoms with Crippen molar-refractivity contribution in [3.05, 3.63) is 60.7 Å². The monoisotopic (exact) mass is 703 g/mol. The van der Waals surface area contributed by atoms with E-state index in [0.29, 0.717) is 18.9 Å². The number of nitrogens with one attached hydrogen (secondary N) is 1. The number of ketones is 1. The van der Waals surface area contributed by atoms with Gasteiger partial charge in [0.2, 0.25) is 11.8 Å². The fraction of sp³-hybridized carbons (Fsp3) is 0.526. The molecule has 12 heteroatoms. The molecule has 268 valence electrons. The lowest BCUT2D eigenvalue weighted by Crippen LogP contribution is -2.47. The molecule has 2 aliphatic heterocycles. The van der Waals surface area contributed by atoms with Gasteiger partial charge >= 0.3 is 10.2 Å². The van der Waals surface area contributed by atoms with Crippen LogP contribution in [0.3, 0.4) is 0 Å². The van der Waals surface area contributed by atoms with E-state index < -0.39 is 33.7 Å². The molecule has 6 rings (SSSR count). The van der Waals surface area contributed by atoms with Crippen LogP contribution in [0.5, 0.6) is 6.01 Å². The third kappa shape index (κ3) is 7.10. The van der Waals surface area contributed by atoms with Gasteiger partial charge in [0.05, 0.1) is 23.5 Å². The number of hydrogen-bond acceptors (Lipinski definition) is 7. The fourth-order valence-corrected chi connectivity index (χ4v) is 8.16. The zero-order chi connectivity index (χ0) is 35.8. The topological polar surface area (TPSA) is 131 Å². The van der Waals surface area contributed by atoms with Gasteiger partial charge in [-0.05, 0) is 57.1 Å². The number of fused-ring (bicyclic) bond motifs is 3. The Morgan fingerprint density at radius 2 is 1.82 bits per heavy atom. The SMILES string of the molecule is CC(C)n1c(O[C@@H]2C[C@H]3C(=O)C[C@]4(C(=O)NS(=O)(=O)N(C)C)C[C@H]4/C=C\CCCCC[C@H](C)C(=O)N3C2)nc2c(-c3ccccc3)cccc21. The first-order chi connectivity index (χ1) is 23.8. The van der Waals surface area contributed by atoms with Crippen molar-refractivity contribution in [1.82, 2.24) is 23.5 Å². The van der Waals surface area contributed by atoms with Gasteiger partial charge in [0.15, 0.2) is 5.78 Å². The first-order valence-electron chi connectivity index (χ1n) is 17.8. The number of imidazole rings is 1. The van der Waals surface area contributed by atoms with Crippen LogP contribution < -0.4 is 9.46 Å². The molecule has 0 bridgehead atoms. The molecule has 50 heavy (non-hydrogen) atoms. The molecule has 3 aromatic rings. The molecule has 5 atom stereocenters. The summed E-state index contributed by atoms with van der Waals surface area (Å²) in [4.78, 5) is 48.6. The normalized spacial score (nSPS) is 27.1. The summed E-state index contributed by atoms with van der Waals surface area (Å²) < 4.78 is 37.2. The first kappa shape index (κ1) is 35.8. The molecule has 1 N–H and O–H groups in total. The fourth-order valence-electron chi connectivity index (χ4n) is 7.53. The summed E-state index contributed by atoms with van der Waals surface area (Å²) in [6, 6.07) is 15.8. The van der Waals surface area contributed by atoms with Gasteiger partial charge in [-0.3, -0.25) is 19.0 Å². The number of nitrogens with zero attached hydrogens (tertiary/aromatic N) is 4. The number of Topliss-reactive ketones (excluding diaryl/α,β-unsaturated/α-hetero) is 1. The zero-order valence-electron chi connectivity index (χ0n) is 29.7. The predicted molar refractivity (Wildman–Crippen MR) is 192 cm³/mol. The maximum atomic E-state index is 14.3. The molecular formula is C38H49N5O6S. The van der Waals surface area contributed by atoms with Gasteiger partial charge in [0.25, 0.3) is 6.01 Å². The van der Waals surface area contributed by atoms with E-state index in [9.17, 15) is 22.8 Å². The van der Waals surface area contributed by atoms with Crippen LogP contribution in [0.1, 0.15) is 78.2 Å². The van der Waals surface area contributed by atoms with Crippen molar-refractivity contribution in [1.29, 1.82) is 0 Å². The average molecular weight is 704 g/mol. The first-order valence-corrected chi connectivity index (χ1v) is 19.2. The van der Waals surface area contributed by atoms with Gasteiger partial charge in [0.1, 0.15) is 11.6 Å². The largest absolute Gasteiger partial charge is 0.459 e. The van der Waals surface area contributed by atoms with Crippen LogP contribution in [0.25, 0.3) is 22.2 Å². The Morgan fingerprint density at radius 1 is 1.06 bits per heavy atom. The van der Waals surface area contributed by atoms with Gasteiger partial charge in [-0.15, -0.1) is 0 Å². The van der Waals surface area contributed by atoms with E-state index in [-0.39, 0.29) is 49.0 Å². The number of carbonyl (C=O) groups excluding carboxylic acids is 3. The van der Waals surface area contributed by atoms with Gasteiger partial charge < -0.3 is 9.64 Å². The Bertz CT molecular complexity index is 1890. The summed E-state index contributed by atoms with van der Waals surface area (Å²) in [7, 11) is -1.37. The number of aromatic nitrogens is 2. The van der Waals surface area contributed by atoms with E-state index in [1.807, 2.05) is 67.6 Å². The molecule has 0 radical (unpaired) electrons. The summed E-state index contributed by atoms with van der Waals surface area (Å²) in [5.74, 6) is -1.60. The molecule has 1 aliphatic carbocycles. The molecule has 3 aliphatic rings. The van der Waals surface area contributed by atoms with E-state index in [0.717, 1.165) is 52.1 Å². The third-order valence-electron chi connectivity index (χ3n) is 10.6. The van der Waals surface area contributed by atoms with Crippen molar-refractivity contribution >= 4 is 38.8 Å². The molecule has 1 aromatic heterocycles. The van der Waals surface area contributed by atoms with Crippen LogP contribution in [0.2, 0.25) is 0 Å². The lowest BCUT2D eigenvalue weighted by atomic mass is 9.91. The smallest absolute Gasteiger partial charge is 0.303 e. The summed E-state index contributed by atoms with van der Waals surface area (Å²) >= 11 is 0. The van der Waals surface area contributed by atoms with E-state index in [1.54, 1.807) is 4.90 Å². The van der Waals surface area contributed by atoms with Crippen LogP contribution >= 0.6 is 0 Å². The van der Waals surface area contributed by atoms with Crippen LogP contribution in [-0.4, -0.2) is 77.6 Å². The lowest BCUT2D eigenvalue weighted by molar-refractivity contribution is -0.141. The Labute approximate surface area is 295 Å². The number of benzene rings is 2. The maximum Gasteiger partial charge on any atom is 0.303 e. The average Bonchev–Trinajstić information content (AvgIpc) is 3.40. The second-order valence-electron chi connectivity index (χ2n) is 14.7. The summed E-state index contributed by atoms with van der Waals surface area (Å²) in [5.41, 5.74) is 2.57.